The summed E-state index contributed by atoms with van der Waals surface area (Å²) in [7, 11) is 0. The van der Waals surface area contributed by atoms with Gasteiger partial charge < -0.3 is 4.90 Å². The molecule has 1 aromatic carbocycles. The van der Waals surface area contributed by atoms with E-state index in [9.17, 15) is 4.79 Å². The second kappa shape index (κ2) is 6.22. The summed E-state index contributed by atoms with van der Waals surface area (Å²) in [5.41, 5.74) is 0.757. The van der Waals surface area contributed by atoms with Crippen molar-refractivity contribution in [3.63, 3.8) is 0 Å². The summed E-state index contributed by atoms with van der Waals surface area (Å²) in [5.74, 6) is 1.73. The fourth-order valence-corrected chi connectivity index (χ4v) is 4.36. The van der Waals surface area contributed by atoms with Crippen LogP contribution in [-0.2, 0) is 0 Å². The van der Waals surface area contributed by atoms with Crippen LogP contribution in [0.3, 0.4) is 0 Å². The molecule has 2 atom stereocenters. The van der Waals surface area contributed by atoms with Crippen molar-refractivity contribution < 1.29 is 4.79 Å². The minimum Gasteiger partial charge on any atom is -0.338 e. The summed E-state index contributed by atoms with van der Waals surface area (Å²) in [6.07, 6.45) is 6.54. The highest BCUT2D eigenvalue weighted by Gasteiger charge is 2.33. The Bertz CT molecular complexity index is 519. The third-order valence-electron chi connectivity index (χ3n) is 4.74. The van der Waals surface area contributed by atoms with Crippen LogP contribution in [0, 0.1) is 15.4 Å². The van der Waals surface area contributed by atoms with Crippen LogP contribution in [0.1, 0.15) is 42.5 Å². The Kier molecular flexibility index (Phi) is 4.55. The zero-order valence-corrected chi connectivity index (χ0v) is 14.4. The van der Waals surface area contributed by atoms with Gasteiger partial charge in [0.15, 0.2) is 0 Å². The van der Waals surface area contributed by atoms with E-state index in [-0.39, 0.29) is 5.91 Å². The smallest absolute Gasteiger partial charge is 0.254 e. The number of amides is 1. The van der Waals surface area contributed by atoms with E-state index >= 15 is 0 Å². The molecule has 3 rings (SSSR count). The summed E-state index contributed by atoms with van der Waals surface area (Å²) in [5, 5.41) is 0.640. The van der Waals surface area contributed by atoms with E-state index in [1.165, 1.54) is 32.1 Å². The molecule has 2 unspecified atom stereocenters. The molecule has 108 valence electrons. The van der Waals surface area contributed by atoms with Gasteiger partial charge in [-0.2, -0.15) is 0 Å². The van der Waals surface area contributed by atoms with Crippen molar-refractivity contribution in [3.05, 3.63) is 32.4 Å². The molecule has 1 aliphatic carbocycles. The molecule has 2 nitrogen and oxygen atoms in total. The predicted octanol–water partition coefficient (Wildman–Crippen LogP) is 4.60. The van der Waals surface area contributed by atoms with Gasteiger partial charge in [0, 0.05) is 21.7 Å². The summed E-state index contributed by atoms with van der Waals surface area (Å²) in [6.45, 7) is 1.84. The number of benzene rings is 1. The molecular formula is C16H19ClINO. The Balaban J connectivity index is 1.76. The number of carbonyl (C=O) groups is 1. The van der Waals surface area contributed by atoms with Gasteiger partial charge in [0.25, 0.3) is 5.91 Å². The Morgan fingerprint density at radius 3 is 2.75 bits per heavy atom. The summed E-state index contributed by atoms with van der Waals surface area (Å²) in [6, 6.07) is 5.57. The van der Waals surface area contributed by atoms with E-state index in [0.717, 1.165) is 34.1 Å². The topological polar surface area (TPSA) is 20.3 Å². The van der Waals surface area contributed by atoms with Crippen LogP contribution in [0.4, 0.5) is 0 Å². The van der Waals surface area contributed by atoms with Gasteiger partial charge in [-0.3, -0.25) is 4.79 Å². The first kappa shape index (κ1) is 14.6. The first-order valence-corrected chi connectivity index (χ1v) is 8.85. The van der Waals surface area contributed by atoms with E-state index in [1.807, 2.05) is 17.0 Å². The number of rotatable bonds is 1. The van der Waals surface area contributed by atoms with Gasteiger partial charge in [0.2, 0.25) is 0 Å². The average molecular weight is 404 g/mol. The highest BCUT2D eigenvalue weighted by Crippen LogP contribution is 2.36. The van der Waals surface area contributed by atoms with Gasteiger partial charge in [-0.25, -0.2) is 0 Å². The number of piperidine rings is 1. The molecule has 20 heavy (non-hydrogen) atoms. The molecular weight excluding hydrogens is 385 g/mol. The number of fused-ring (bicyclic) bond motifs is 1. The molecule has 0 N–H and O–H groups in total. The Morgan fingerprint density at radius 2 is 1.95 bits per heavy atom. The molecule has 1 saturated heterocycles. The lowest BCUT2D eigenvalue weighted by Gasteiger charge is -2.41. The SMILES string of the molecule is O=C(c1cc(Cl)ccc1I)N1CCC2CCCCC2C1. The number of hydrogen-bond acceptors (Lipinski definition) is 1. The van der Waals surface area contributed by atoms with Crippen LogP contribution in [-0.4, -0.2) is 23.9 Å². The Hall–Kier alpha value is -0.290. The molecule has 1 amide bonds. The van der Waals surface area contributed by atoms with Gasteiger partial charge in [-0.15, -0.1) is 0 Å². The van der Waals surface area contributed by atoms with Gasteiger partial charge in [0.05, 0.1) is 5.56 Å². The second-order valence-electron chi connectivity index (χ2n) is 5.97. The first-order chi connectivity index (χ1) is 9.65. The van der Waals surface area contributed by atoms with Crippen molar-refractivity contribution in [1.29, 1.82) is 0 Å². The lowest BCUT2D eigenvalue weighted by atomic mass is 9.75. The lowest BCUT2D eigenvalue weighted by Crippen LogP contribution is -2.44. The molecule has 0 spiro atoms. The number of likely N-dealkylation sites (tertiary alicyclic amines) is 1. The maximum atomic E-state index is 12.7. The van der Waals surface area contributed by atoms with E-state index in [1.54, 1.807) is 6.07 Å². The fourth-order valence-electron chi connectivity index (χ4n) is 3.62. The number of hydrogen-bond donors (Lipinski definition) is 0. The van der Waals surface area contributed by atoms with Crippen LogP contribution < -0.4 is 0 Å². The fraction of sp³-hybridized carbons (Fsp3) is 0.562. The van der Waals surface area contributed by atoms with E-state index < -0.39 is 0 Å². The summed E-state index contributed by atoms with van der Waals surface area (Å²) < 4.78 is 0.989. The zero-order chi connectivity index (χ0) is 14.1. The molecule has 1 heterocycles. The average Bonchev–Trinajstić information content (AvgIpc) is 2.48. The maximum Gasteiger partial charge on any atom is 0.254 e. The standard InChI is InChI=1S/C16H19ClINO/c17-13-5-6-15(18)14(9-13)16(20)19-8-7-11-3-1-2-4-12(11)10-19/h5-6,9,11-12H,1-4,7-8,10H2. The van der Waals surface area contributed by atoms with Gasteiger partial charge >= 0.3 is 0 Å². The predicted molar refractivity (Wildman–Crippen MR) is 90.1 cm³/mol. The maximum absolute atomic E-state index is 12.7. The van der Waals surface area contributed by atoms with Crippen molar-refractivity contribution in [1.82, 2.24) is 4.90 Å². The highest BCUT2D eigenvalue weighted by molar-refractivity contribution is 14.1. The van der Waals surface area contributed by atoms with Crippen molar-refractivity contribution in [2.24, 2.45) is 11.8 Å². The van der Waals surface area contributed by atoms with Crippen molar-refractivity contribution in [3.8, 4) is 0 Å². The van der Waals surface area contributed by atoms with Crippen LogP contribution >= 0.6 is 34.2 Å². The third kappa shape index (κ3) is 2.98. The number of carbonyl (C=O) groups excluding carboxylic acids is 1. The van der Waals surface area contributed by atoms with Crippen LogP contribution in [0.15, 0.2) is 18.2 Å². The molecule has 4 heteroatoms. The summed E-state index contributed by atoms with van der Waals surface area (Å²) in [4.78, 5) is 14.8. The number of halogens is 2. The molecule has 0 bridgehead atoms. The minimum atomic E-state index is 0.154. The van der Waals surface area contributed by atoms with Crippen LogP contribution in [0.2, 0.25) is 5.02 Å². The van der Waals surface area contributed by atoms with Crippen molar-refractivity contribution in [2.45, 2.75) is 32.1 Å². The first-order valence-electron chi connectivity index (χ1n) is 7.39. The molecule has 1 aliphatic heterocycles. The molecule has 2 fully saturated rings. The van der Waals surface area contributed by atoms with Crippen molar-refractivity contribution in [2.75, 3.05) is 13.1 Å². The number of nitrogens with zero attached hydrogens (tertiary/aromatic N) is 1. The van der Waals surface area contributed by atoms with Gasteiger partial charge in [0.1, 0.15) is 0 Å². The molecule has 0 radical (unpaired) electrons. The molecule has 0 aromatic heterocycles. The molecule has 1 saturated carbocycles. The quantitative estimate of drug-likeness (QED) is 0.628. The van der Waals surface area contributed by atoms with Crippen molar-refractivity contribution >= 4 is 40.1 Å². The largest absolute Gasteiger partial charge is 0.338 e. The minimum absolute atomic E-state index is 0.154. The van der Waals surface area contributed by atoms with Gasteiger partial charge in [-0.1, -0.05) is 30.9 Å². The lowest BCUT2D eigenvalue weighted by molar-refractivity contribution is 0.0520. The Morgan fingerprint density at radius 1 is 1.20 bits per heavy atom. The van der Waals surface area contributed by atoms with E-state index in [2.05, 4.69) is 22.6 Å². The molecule has 2 aliphatic rings. The Labute approximate surface area is 139 Å². The monoisotopic (exact) mass is 403 g/mol. The summed E-state index contributed by atoms with van der Waals surface area (Å²) >= 11 is 8.26. The van der Waals surface area contributed by atoms with Gasteiger partial charge in [-0.05, 0) is 65.5 Å². The molecule has 1 aromatic rings. The second-order valence-corrected chi connectivity index (χ2v) is 7.57. The van der Waals surface area contributed by atoms with E-state index in [0.29, 0.717) is 5.02 Å². The third-order valence-corrected chi connectivity index (χ3v) is 5.91. The zero-order valence-electron chi connectivity index (χ0n) is 11.4. The van der Waals surface area contributed by atoms with E-state index in [4.69, 9.17) is 11.6 Å². The van der Waals surface area contributed by atoms with Crippen LogP contribution in [0.25, 0.3) is 0 Å². The highest BCUT2D eigenvalue weighted by atomic mass is 127. The van der Waals surface area contributed by atoms with Crippen LogP contribution in [0.5, 0.6) is 0 Å². The normalized spacial score (nSPS) is 26.2.